The molecule has 224 valence electrons. The summed E-state index contributed by atoms with van der Waals surface area (Å²) < 4.78 is 25.6. The van der Waals surface area contributed by atoms with E-state index in [4.69, 9.17) is 22.4 Å². The molecule has 3 heterocycles. The fourth-order valence-corrected chi connectivity index (χ4v) is 7.95. The van der Waals surface area contributed by atoms with Crippen molar-refractivity contribution in [3.63, 3.8) is 0 Å². The lowest BCUT2D eigenvalue weighted by molar-refractivity contribution is -0.138. The van der Waals surface area contributed by atoms with Crippen LogP contribution in [-0.2, 0) is 14.8 Å². The van der Waals surface area contributed by atoms with E-state index in [1.807, 2.05) is 4.90 Å². The van der Waals surface area contributed by atoms with Crippen LogP contribution < -0.4 is 11.1 Å². The minimum atomic E-state index is -3.21. The number of piperidine rings is 1. The van der Waals surface area contributed by atoms with Gasteiger partial charge in [0.1, 0.15) is 5.82 Å². The standard InChI is InChI=1S/C28H39ClN6O5S/c1-41(39,40)34-12-10-18(11-13-34)21-14-23(35(16-21)27(36)20-4-2-17(15-30)3-5-20)26-32-24(25(29)33-26)19-6-8-22(9-7-19)31-28(37)38/h6-9,17-18,20-21,23,31H,2-5,10-16,30H2,1H3,(H,32,33)(H,37,38). The van der Waals surface area contributed by atoms with Gasteiger partial charge in [-0.15, -0.1) is 0 Å². The number of nitrogens with two attached hydrogens (primary N) is 1. The highest BCUT2D eigenvalue weighted by Crippen LogP contribution is 2.44. The molecule has 0 radical (unpaired) electrons. The monoisotopic (exact) mass is 606 g/mol. The number of hydrogen-bond donors (Lipinski definition) is 4. The van der Waals surface area contributed by atoms with E-state index in [0.29, 0.717) is 60.4 Å². The maximum atomic E-state index is 14.0. The van der Waals surface area contributed by atoms with Crippen LogP contribution in [0.4, 0.5) is 10.5 Å². The number of likely N-dealkylation sites (tertiary alicyclic amines) is 1. The maximum Gasteiger partial charge on any atom is 0.409 e. The largest absolute Gasteiger partial charge is 0.465 e. The lowest BCUT2D eigenvalue weighted by atomic mass is 9.81. The van der Waals surface area contributed by atoms with Crippen molar-refractivity contribution < 1.29 is 23.1 Å². The van der Waals surface area contributed by atoms with Gasteiger partial charge < -0.3 is 20.7 Å². The number of carbonyl (C=O) groups excluding carboxylic acids is 1. The predicted octanol–water partition coefficient (Wildman–Crippen LogP) is 4.15. The molecule has 0 bridgehead atoms. The molecule has 2 aliphatic heterocycles. The highest BCUT2D eigenvalue weighted by atomic mass is 35.5. The normalized spacial score (nSPS) is 26.3. The molecule has 0 spiro atoms. The zero-order valence-corrected chi connectivity index (χ0v) is 24.8. The van der Waals surface area contributed by atoms with Gasteiger partial charge in [-0.05, 0) is 81.4 Å². The van der Waals surface area contributed by atoms with E-state index in [0.717, 1.165) is 50.5 Å². The van der Waals surface area contributed by atoms with Crippen molar-refractivity contribution in [1.29, 1.82) is 0 Å². The zero-order chi connectivity index (χ0) is 29.3. The van der Waals surface area contributed by atoms with Crippen molar-refractivity contribution in [1.82, 2.24) is 19.2 Å². The summed E-state index contributed by atoms with van der Waals surface area (Å²) in [7, 11) is -3.21. The second kappa shape index (κ2) is 12.3. The third-order valence-electron chi connectivity index (χ3n) is 9.20. The molecule has 13 heteroatoms. The number of anilines is 1. The smallest absolute Gasteiger partial charge is 0.409 e. The number of H-pyrrole nitrogens is 1. The van der Waals surface area contributed by atoms with Crippen LogP contribution in [0, 0.1) is 23.7 Å². The summed E-state index contributed by atoms with van der Waals surface area (Å²) in [5.74, 6) is 1.78. The number of imidazole rings is 1. The summed E-state index contributed by atoms with van der Waals surface area (Å²) in [6.45, 7) is 2.28. The van der Waals surface area contributed by atoms with Crippen molar-refractivity contribution in [2.75, 3.05) is 37.8 Å². The Bertz CT molecular complexity index is 1350. The summed E-state index contributed by atoms with van der Waals surface area (Å²) in [5, 5.41) is 11.6. The number of aromatic amines is 1. The lowest BCUT2D eigenvalue weighted by Gasteiger charge is -2.34. The van der Waals surface area contributed by atoms with Gasteiger partial charge in [0.25, 0.3) is 0 Å². The first-order valence-corrected chi connectivity index (χ1v) is 16.6. The number of nitrogens with one attached hydrogen (secondary N) is 2. The Morgan fingerprint density at radius 1 is 1.10 bits per heavy atom. The summed E-state index contributed by atoms with van der Waals surface area (Å²) in [6.07, 6.45) is 5.99. The molecular weight excluding hydrogens is 568 g/mol. The fourth-order valence-electron chi connectivity index (χ4n) is 6.83. The number of carboxylic acid groups (broad SMARTS) is 1. The third-order valence-corrected chi connectivity index (χ3v) is 10.8. The van der Waals surface area contributed by atoms with E-state index in [9.17, 15) is 18.0 Å². The first kappa shape index (κ1) is 29.8. The number of sulfonamides is 1. The van der Waals surface area contributed by atoms with Gasteiger partial charge >= 0.3 is 6.09 Å². The van der Waals surface area contributed by atoms with Gasteiger partial charge in [-0.1, -0.05) is 23.7 Å². The van der Waals surface area contributed by atoms with Crippen LogP contribution in [0.15, 0.2) is 24.3 Å². The zero-order valence-electron chi connectivity index (χ0n) is 23.3. The van der Waals surface area contributed by atoms with Crippen LogP contribution in [0.25, 0.3) is 11.3 Å². The first-order chi connectivity index (χ1) is 19.5. The van der Waals surface area contributed by atoms with Crippen LogP contribution in [0.1, 0.15) is 56.8 Å². The SMILES string of the molecule is CS(=O)(=O)N1CCC(C2CC(c3nc(Cl)c(-c4ccc(NC(=O)O)cc4)[nH]3)N(C(=O)C3CCC(CN)CC3)C2)CC1. The molecule has 5 N–H and O–H groups in total. The molecule has 1 aromatic heterocycles. The Hall–Kier alpha value is -2.67. The Morgan fingerprint density at radius 2 is 1.76 bits per heavy atom. The van der Waals surface area contributed by atoms with Gasteiger partial charge in [-0.25, -0.2) is 22.5 Å². The van der Waals surface area contributed by atoms with E-state index < -0.39 is 16.1 Å². The minimum absolute atomic E-state index is 0.0367. The topological polar surface area (TPSA) is 162 Å². The van der Waals surface area contributed by atoms with Gasteiger partial charge in [0, 0.05) is 36.8 Å². The minimum Gasteiger partial charge on any atom is -0.465 e. The number of aromatic nitrogens is 2. The van der Waals surface area contributed by atoms with E-state index in [-0.39, 0.29) is 23.8 Å². The van der Waals surface area contributed by atoms with Gasteiger partial charge in [0.15, 0.2) is 5.15 Å². The van der Waals surface area contributed by atoms with E-state index in [1.165, 1.54) is 6.26 Å². The first-order valence-electron chi connectivity index (χ1n) is 14.3. The van der Waals surface area contributed by atoms with Crippen LogP contribution in [-0.4, -0.2) is 77.1 Å². The summed E-state index contributed by atoms with van der Waals surface area (Å²) in [4.78, 5) is 34.9. The van der Waals surface area contributed by atoms with Crippen molar-refractivity contribution in [3.8, 4) is 11.3 Å². The molecule has 2 atom stereocenters. The number of benzene rings is 1. The number of hydrogen-bond acceptors (Lipinski definition) is 6. The number of amides is 2. The lowest BCUT2D eigenvalue weighted by Crippen LogP contribution is -2.41. The van der Waals surface area contributed by atoms with Crippen molar-refractivity contribution >= 4 is 39.3 Å². The molecule has 1 saturated carbocycles. The van der Waals surface area contributed by atoms with Crippen LogP contribution in [0.2, 0.25) is 5.15 Å². The average Bonchev–Trinajstić information content (AvgIpc) is 3.56. The molecule has 1 aliphatic carbocycles. The number of carbonyl (C=O) groups is 2. The van der Waals surface area contributed by atoms with Crippen molar-refractivity contribution in [2.45, 2.75) is 51.0 Å². The van der Waals surface area contributed by atoms with Gasteiger partial charge in [0.05, 0.1) is 18.0 Å². The Balaban J connectivity index is 1.37. The molecule has 2 aromatic rings. The molecule has 3 fully saturated rings. The third kappa shape index (κ3) is 6.71. The molecule has 1 aromatic carbocycles. The second-order valence-corrected chi connectivity index (χ2v) is 14.1. The molecular formula is C28H39ClN6O5S. The maximum absolute atomic E-state index is 14.0. The molecule has 5 rings (SSSR count). The molecule has 3 aliphatic rings. The van der Waals surface area contributed by atoms with Crippen molar-refractivity contribution in [3.05, 3.63) is 35.2 Å². The fraction of sp³-hybridized carbons (Fsp3) is 0.607. The van der Waals surface area contributed by atoms with Crippen LogP contribution in [0.5, 0.6) is 0 Å². The Morgan fingerprint density at radius 3 is 2.34 bits per heavy atom. The second-order valence-electron chi connectivity index (χ2n) is 11.8. The number of rotatable bonds is 7. The molecule has 2 saturated heterocycles. The van der Waals surface area contributed by atoms with Gasteiger partial charge in [0.2, 0.25) is 15.9 Å². The highest BCUT2D eigenvalue weighted by molar-refractivity contribution is 7.88. The Labute approximate surface area is 245 Å². The predicted molar refractivity (Wildman–Crippen MR) is 157 cm³/mol. The number of nitrogens with zero attached hydrogens (tertiary/aromatic N) is 3. The summed E-state index contributed by atoms with van der Waals surface area (Å²) in [5.41, 5.74) is 7.70. The molecule has 11 nitrogen and oxygen atoms in total. The average molecular weight is 607 g/mol. The highest BCUT2D eigenvalue weighted by Gasteiger charge is 2.44. The van der Waals surface area contributed by atoms with E-state index in [1.54, 1.807) is 28.6 Å². The molecule has 41 heavy (non-hydrogen) atoms. The van der Waals surface area contributed by atoms with Crippen LogP contribution >= 0.6 is 11.6 Å². The Kier molecular flexibility index (Phi) is 8.93. The van der Waals surface area contributed by atoms with Crippen LogP contribution in [0.3, 0.4) is 0 Å². The molecule has 2 amide bonds. The molecule has 2 unspecified atom stereocenters. The van der Waals surface area contributed by atoms with Crippen molar-refractivity contribution in [2.24, 2.45) is 29.4 Å². The van der Waals surface area contributed by atoms with E-state index >= 15 is 0 Å². The quantitative estimate of drug-likeness (QED) is 0.368. The van der Waals surface area contributed by atoms with E-state index in [2.05, 4.69) is 15.3 Å². The van der Waals surface area contributed by atoms with Gasteiger partial charge in [-0.3, -0.25) is 10.1 Å². The summed E-state index contributed by atoms with van der Waals surface area (Å²) in [6, 6.07) is 6.58. The van der Waals surface area contributed by atoms with Gasteiger partial charge in [-0.2, -0.15) is 0 Å². The summed E-state index contributed by atoms with van der Waals surface area (Å²) >= 11 is 6.60. The number of halogens is 1.